The van der Waals surface area contributed by atoms with Crippen LogP contribution in [0.25, 0.3) is 11.1 Å². The van der Waals surface area contributed by atoms with Crippen LogP contribution in [0.3, 0.4) is 0 Å². The molecule has 3 nitrogen and oxygen atoms in total. The van der Waals surface area contributed by atoms with E-state index >= 15 is 0 Å². The third-order valence-electron chi connectivity index (χ3n) is 5.89. The number of carbonyl (C=O) groups excluding carboxylic acids is 1. The van der Waals surface area contributed by atoms with Crippen LogP contribution in [0, 0.1) is 0 Å². The third kappa shape index (κ3) is 6.48. The number of halogens is 13. The Bertz CT molecular complexity index is 1450. The molecule has 0 N–H and O–H groups in total. The third-order valence-corrected chi connectivity index (χ3v) is 5.89. The number of ether oxygens (including phenoxy) is 2. The van der Waals surface area contributed by atoms with E-state index in [0.29, 0.717) is 16.7 Å². The molecule has 44 heavy (non-hydrogen) atoms. The van der Waals surface area contributed by atoms with Gasteiger partial charge in [0.15, 0.2) is 0 Å². The Hall–Kier alpha value is -4.24. The second-order valence-corrected chi connectivity index (χ2v) is 8.94. The first-order valence-electron chi connectivity index (χ1n) is 11.9. The molecule has 3 rings (SSSR count). The first kappa shape index (κ1) is 34.3. The van der Waals surface area contributed by atoms with E-state index in [4.69, 9.17) is 9.47 Å². The first-order valence-corrected chi connectivity index (χ1v) is 11.9. The molecule has 0 saturated heterocycles. The van der Waals surface area contributed by atoms with Crippen LogP contribution in [0.15, 0.2) is 91.0 Å². The van der Waals surface area contributed by atoms with E-state index in [0.717, 1.165) is 0 Å². The monoisotopic (exact) mass is 648 g/mol. The summed E-state index contributed by atoms with van der Waals surface area (Å²) < 4.78 is 181. The molecule has 0 spiro atoms. The maximum atomic E-state index is 13.8. The molecule has 0 aliphatic carbocycles. The minimum atomic E-state index is -7.95. The van der Waals surface area contributed by atoms with Crippen LogP contribution in [0.2, 0.25) is 0 Å². The molecule has 0 amide bonds. The van der Waals surface area contributed by atoms with Gasteiger partial charge in [-0.25, -0.2) is 4.79 Å². The molecule has 0 unspecified atom stereocenters. The Morgan fingerprint density at radius 2 is 1.02 bits per heavy atom. The van der Waals surface area contributed by atoms with Gasteiger partial charge in [0, 0.05) is 0 Å². The van der Waals surface area contributed by atoms with Crippen molar-refractivity contribution >= 4 is 5.97 Å². The SMILES string of the molecule is O=C(Oc1ccc(-c2ccc(OC/C=C/C(F)(F)C(F)(F)C(F)(F)C(F)(F)C(F)(F)C(F)(F)F)cc2)cc1)c1ccccc1. The predicted octanol–water partition coefficient (Wildman–Crippen LogP) is 9.25. The number of hydrogen-bond donors (Lipinski definition) is 0. The second kappa shape index (κ2) is 12.0. The molecule has 0 heterocycles. The van der Waals surface area contributed by atoms with Crippen molar-refractivity contribution in [3.63, 3.8) is 0 Å². The van der Waals surface area contributed by atoms with Crippen molar-refractivity contribution in [2.75, 3.05) is 6.61 Å². The van der Waals surface area contributed by atoms with Gasteiger partial charge in [-0.1, -0.05) is 42.5 Å². The van der Waals surface area contributed by atoms with Crippen molar-refractivity contribution < 1.29 is 71.3 Å². The molecule has 3 aromatic rings. The molecule has 16 heteroatoms. The number of carbonyl (C=O) groups is 1. The highest BCUT2D eigenvalue weighted by Crippen LogP contribution is 2.60. The van der Waals surface area contributed by atoms with E-state index in [2.05, 4.69) is 0 Å². The van der Waals surface area contributed by atoms with Gasteiger partial charge in [0.05, 0.1) is 5.56 Å². The standard InChI is InChI=1S/C28H17F13O3/c29-23(30,24(31,32)25(33,34)26(35,36)27(37,38)28(39,40)41)15-4-16-43-20-11-7-17(8-12-20)18-9-13-21(14-10-18)44-22(42)19-5-2-1-3-6-19/h1-15H,16H2/b15-4+. The van der Waals surface area contributed by atoms with E-state index in [1.54, 1.807) is 42.5 Å². The second-order valence-electron chi connectivity index (χ2n) is 8.94. The molecule has 0 bridgehead atoms. The summed E-state index contributed by atoms with van der Waals surface area (Å²) in [5, 5.41) is 0. The van der Waals surface area contributed by atoms with Gasteiger partial charge < -0.3 is 9.47 Å². The van der Waals surface area contributed by atoms with Crippen molar-refractivity contribution in [1.29, 1.82) is 0 Å². The lowest BCUT2D eigenvalue weighted by Gasteiger charge is -2.39. The van der Waals surface area contributed by atoms with Crippen LogP contribution in [0.1, 0.15) is 10.4 Å². The van der Waals surface area contributed by atoms with Crippen LogP contribution in [0.4, 0.5) is 57.1 Å². The Labute approximate surface area is 239 Å². The summed E-state index contributed by atoms with van der Waals surface area (Å²) in [6.45, 7) is -1.06. The van der Waals surface area contributed by atoms with Gasteiger partial charge >= 0.3 is 41.8 Å². The fourth-order valence-electron chi connectivity index (χ4n) is 3.43. The summed E-state index contributed by atoms with van der Waals surface area (Å²) in [7, 11) is 0. The van der Waals surface area contributed by atoms with Crippen molar-refractivity contribution in [3.8, 4) is 22.6 Å². The van der Waals surface area contributed by atoms with Crippen LogP contribution in [-0.4, -0.2) is 48.4 Å². The van der Waals surface area contributed by atoms with Gasteiger partial charge in [0.25, 0.3) is 0 Å². The van der Waals surface area contributed by atoms with E-state index in [9.17, 15) is 61.9 Å². The summed E-state index contributed by atoms with van der Waals surface area (Å²) in [6, 6.07) is 19.7. The van der Waals surface area contributed by atoms with Gasteiger partial charge in [-0.3, -0.25) is 0 Å². The Morgan fingerprint density at radius 1 is 0.568 bits per heavy atom. The van der Waals surface area contributed by atoms with Crippen molar-refractivity contribution in [1.82, 2.24) is 0 Å². The highest BCUT2D eigenvalue weighted by Gasteiger charge is 2.90. The first-order chi connectivity index (χ1) is 20.2. The lowest BCUT2D eigenvalue weighted by Crippen LogP contribution is -2.69. The molecule has 0 aromatic heterocycles. The minimum Gasteiger partial charge on any atom is -0.490 e. The summed E-state index contributed by atoms with van der Waals surface area (Å²) >= 11 is 0. The lowest BCUT2D eigenvalue weighted by molar-refractivity contribution is -0.436. The summed E-state index contributed by atoms with van der Waals surface area (Å²) in [5.74, 6) is -37.8. The zero-order valence-corrected chi connectivity index (χ0v) is 21.5. The highest BCUT2D eigenvalue weighted by atomic mass is 19.4. The molecule has 238 valence electrons. The molecule has 0 saturated carbocycles. The van der Waals surface area contributed by atoms with Crippen LogP contribution in [0.5, 0.6) is 11.5 Å². The van der Waals surface area contributed by atoms with Crippen molar-refractivity contribution in [2.24, 2.45) is 0 Å². The zero-order chi connectivity index (χ0) is 33.2. The largest absolute Gasteiger partial charge is 0.490 e. The Balaban J connectivity index is 1.63. The summed E-state index contributed by atoms with van der Waals surface area (Å²) in [6.07, 6.45) is -8.60. The van der Waals surface area contributed by atoms with Gasteiger partial charge in [0.2, 0.25) is 0 Å². The topological polar surface area (TPSA) is 35.5 Å². The van der Waals surface area contributed by atoms with E-state index in [1.165, 1.54) is 36.4 Å². The summed E-state index contributed by atoms with van der Waals surface area (Å²) in [5.41, 5.74) is 1.48. The Morgan fingerprint density at radius 3 is 1.50 bits per heavy atom. The quantitative estimate of drug-likeness (QED) is 0.0901. The van der Waals surface area contributed by atoms with Crippen molar-refractivity contribution in [3.05, 3.63) is 96.6 Å². The smallest absolute Gasteiger partial charge is 0.460 e. The number of alkyl halides is 13. The normalized spacial score (nSPS) is 13.7. The molecule has 3 aromatic carbocycles. The maximum Gasteiger partial charge on any atom is 0.460 e. The fourth-order valence-corrected chi connectivity index (χ4v) is 3.43. The van der Waals surface area contributed by atoms with Gasteiger partial charge in [-0.15, -0.1) is 0 Å². The number of benzene rings is 3. The molecular formula is C28H17F13O3. The average Bonchev–Trinajstić information content (AvgIpc) is 2.95. The molecule has 0 aliphatic heterocycles. The van der Waals surface area contributed by atoms with E-state index < -0.39 is 54.4 Å². The predicted molar refractivity (Wildman–Crippen MR) is 129 cm³/mol. The van der Waals surface area contributed by atoms with Crippen molar-refractivity contribution in [2.45, 2.75) is 35.8 Å². The molecule has 0 atom stereocenters. The number of esters is 1. The fraction of sp³-hybridized carbons (Fsp3) is 0.250. The van der Waals surface area contributed by atoms with Gasteiger partial charge in [0.1, 0.15) is 18.1 Å². The minimum absolute atomic E-state index is 0.0482. The summed E-state index contributed by atoms with van der Waals surface area (Å²) in [4.78, 5) is 12.1. The maximum absolute atomic E-state index is 13.8. The number of rotatable bonds is 11. The van der Waals surface area contributed by atoms with Gasteiger partial charge in [-0.05, 0) is 59.7 Å². The highest BCUT2D eigenvalue weighted by molar-refractivity contribution is 5.91. The number of hydrogen-bond acceptors (Lipinski definition) is 3. The number of allylic oxidation sites excluding steroid dienone is 1. The zero-order valence-electron chi connectivity index (χ0n) is 21.5. The van der Waals surface area contributed by atoms with E-state index in [-0.39, 0.29) is 17.6 Å². The average molecular weight is 648 g/mol. The van der Waals surface area contributed by atoms with Crippen LogP contribution < -0.4 is 9.47 Å². The molecular weight excluding hydrogens is 631 g/mol. The molecule has 0 fully saturated rings. The lowest BCUT2D eigenvalue weighted by atomic mass is 9.94. The van der Waals surface area contributed by atoms with E-state index in [1.807, 2.05) is 0 Å². The van der Waals surface area contributed by atoms with Crippen LogP contribution >= 0.6 is 0 Å². The molecule has 0 aliphatic rings. The Kier molecular flexibility index (Phi) is 9.37. The molecule has 0 radical (unpaired) electrons. The van der Waals surface area contributed by atoms with Gasteiger partial charge in [-0.2, -0.15) is 57.1 Å². The van der Waals surface area contributed by atoms with Crippen LogP contribution in [-0.2, 0) is 0 Å².